The van der Waals surface area contributed by atoms with Crippen LogP contribution >= 0.6 is 22.7 Å². The lowest BCUT2D eigenvalue weighted by molar-refractivity contribution is -0.117. The van der Waals surface area contributed by atoms with Gasteiger partial charge < -0.3 is 10.1 Å². The summed E-state index contributed by atoms with van der Waals surface area (Å²) >= 11 is 2.59. The van der Waals surface area contributed by atoms with E-state index in [0.717, 1.165) is 20.9 Å². The second-order valence-electron chi connectivity index (χ2n) is 5.00. The largest absolute Gasteiger partial charge is 0.461 e. The molecule has 0 saturated carbocycles. The number of aromatic nitrogens is 3. The molecule has 0 fully saturated rings. The molecule has 134 valence electrons. The van der Waals surface area contributed by atoms with Gasteiger partial charge in [0.1, 0.15) is 12.2 Å². The fourth-order valence-corrected chi connectivity index (χ4v) is 3.43. The summed E-state index contributed by atoms with van der Waals surface area (Å²) in [5.74, 6) is -1.02. The van der Waals surface area contributed by atoms with Gasteiger partial charge >= 0.3 is 5.97 Å². The van der Waals surface area contributed by atoms with Crippen LogP contribution in [-0.2, 0) is 16.1 Å². The van der Waals surface area contributed by atoms with Crippen molar-refractivity contribution in [2.24, 2.45) is 0 Å². The Bertz CT molecular complexity index is 978. The number of carbonyl (C=O) groups excluding carboxylic acids is 2. The van der Waals surface area contributed by atoms with Gasteiger partial charge in [-0.15, -0.1) is 22.7 Å². The van der Waals surface area contributed by atoms with E-state index in [1.54, 1.807) is 13.0 Å². The highest BCUT2D eigenvalue weighted by Gasteiger charge is 2.14. The number of thiophene rings is 1. The monoisotopic (exact) mass is 390 g/mol. The number of hydrogen-bond donors (Lipinski definition) is 1. The summed E-state index contributed by atoms with van der Waals surface area (Å²) in [6.07, 6.45) is 0. The third-order valence-corrected chi connectivity index (χ3v) is 4.82. The molecule has 3 heterocycles. The normalized spacial score (nSPS) is 10.5. The highest BCUT2D eigenvalue weighted by atomic mass is 32.1. The molecule has 0 radical (unpaired) electrons. The van der Waals surface area contributed by atoms with Crippen molar-refractivity contribution < 1.29 is 14.3 Å². The highest BCUT2D eigenvalue weighted by Crippen LogP contribution is 2.21. The van der Waals surface area contributed by atoms with E-state index in [2.05, 4.69) is 15.4 Å². The number of ether oxygens (including phenoxy) is 1. The van der Waals surface area contributed by atoms with E-state index >= 15 is 0 Å². The van der Waals surface area contributed by atoms with E-state index in [0.29, 0.717) is 5.69 Å². The van der Waals surface area contributed by atoms with Crippen molar-refractivity contribution in [1.82, 2.24) is 14.8 Å². The van der Waals surface area contributed by atoms with Gasteiger partial charge in [-0.3, -0.25) is 9.59 Å². The van der Waals surface area contributed by atoms with Crippen LogP contribution in [-0.4, -0.2) is 33.2 Å². The predicted molar refractivity (Wildman–Crippen MR) is 98.5 cm³/mol. The molecule has 1 N–H and O–H groups in total. The van der Waals surface area contributed by atoms with Gasteiger partial charge in [0, 0.05) is 11.4 Å². The molecule has 1 amide bonds. The summed E-state index contributed by atoms with van der Waals surface area (Å²) in [5, 5.41) is 10.4. The Labute approximate surface area is 156 Å². The third kappa shape index (κ3) is 4.21. The molecule has 0 bridgehead atoms. The van der Waals surface area contributed by atoms with E-state index in [9.17, 15) is 14.4 Å². The molecule has 0 saturated heterocycles. The molecule has 3 aromatic rings. The maximum Gasteiger partial charge on any atom is 0.357 e. The molecule has 0 unspecified atom stereocenters. The number of esters is 1. The minimum absolute atomic E-state index is 0.127. The lowest BCUT2D eigenvalue weighted by Crippen LogP contribution is -2.29. The lowest BCUT2D eigenvalue weighted by atomic mass is 10.3. The van der Waals surface area contributed by atoms with Crippen molar-refractivity contribution in [3.05, 3.63) is 51.1 Å². The van der Waals surface area contributed by atoms with Crippen LogP contribution in [0.2, 0.25) is 0 Å². The van der Waals surface area contributed by atoms with Crippen molar-refractivity contribution in [1.29, 1.82) is 0 Å². The molecule has 0 aliphatic carbocycles. The highest BCUT2D eigenvalue weighted by molar-refractivity contribution is 7.14. The van der Waals surface area contributed by atoms with Gasteiger partial charge in [0.15, 0.2) is 10.8 Å². The zero-order chi connectivity index (χ0) is 18.5. The first-order chi connectivity index (χ1) is 12.6. The Morgan fingerprint density at radius 3 is 2.85 bits per heavy atom. The minimum Gasteiger partial charge on any atom is -0.461 e. The Morgan fingerprint density at radius 1 is 1.27 bits per heavy atom. The summed E-state index contributed by atoms with van der Waals surface area (Å²) in [7, 11) is 0. The second kappa shape index (κ2) is 8.02. The molecule has 0 spiro atoms. The molecule has 0 aromatic carbocycles. The Balaban J connectivity index is 1.70. The van der Waals surface area contributed by atoms with Crippen molar-refractivity contribution in [2.75, 3.05) is 11.9 Å². The first-order valence-electron chi connectivity index (χ1n) is 7.61. The smallest absolute Gasteiger partial charge is 0.357 e. The zero-order valence-corrected chi connectivity index (χ0v) is 15.3. The molecule has 3 aromatic heterocycles. The minimum atomic E-state index is -0.550. The number of nitrogens with one attached hydrogen (secondary N) is 1. The van der Waals surface area contributed by atoms with E-state index < -0.39 is 11.9 Å². The number of amides is 1. The Kier molecular flexibility index (Phi) is 5.54. The van der Waals surface area contributed by atoms with Crippen LogP contribution < -0.4 is 10.9 Å². The first kappa shape index (κ1) is 18.0. The molecule has 0 atom stereocenters. The molecule has 26 heavy (non-hydrogen) atoms. The van der Waals surface area contributed by atoms with Crippen LogP contribution in [0.1, 0.15) is 17.4 Å². The maximum absolute atomic E-state index is 12.2. The average Bonchev–Trinajstić information content (AvgIpc) is 3.29. The van der Waals surface area contributed by atoms with Crippen LogP contribution in [0.25, 0.3) is 10.6 Å². The molecule has 8 nitrogen and oxygen atoms in total. The second-order valence-corrected chi connectivity index (χ2v) is 6.80. The van der Waals surface area contributed by atoms with Gasteiger partial charge in [-0.25, -0.2) is 14.5 Å². The first-order valence-corrected chi connectivity index (χ1v) is 9.37. The SMILES string of the molecule is CCOC(=O)c1csc(NC(=O)Cn2nc(-c3cccs3)ccc2=O)n1. The van der Waals surface area contributed by atoms with Gasteiger partial charge in [0.2, 0.25) is 5.91 Å². The fourth-order valence-electron chi connectivity index (χ4n) is 2.04. The van der Waals surface area contributed by atoms with Crippen molar-refractivity contribution in [3.8, 4) is 10.6 Å². The average molecular weight is 390 g/mol. The van der Waals surface area contributed by atoms with Gasteiger partial charge in [-0.1, -0.05) is 6.07 Å². The van der Waals surface area contributed by atoms with Crippen molar-refractivity contribution >= 4 is 39.7 Å². The zero-order valence-electron chi connectivity index (χ0n) is 13.7. The van der Waals surface area contributed by atoms with E-state index in [4.69, 9.17) is 4.74 Å². The number of carbonyl (C=O) groups is 2. The molecular weight excluding hydrogens is 376 g/mol. The van der Waals surface area contributed by atoms with E-state index in [1.165, 1.54) is 22.8 Å². The molecule has 0 aliphatic heterocycles. The van der Waals surface area contributed by atoms with E-state index in [1.807, 2.05) is 17.5 Å². The summed E-state index contributed by atoms with van der Waals surface area (Å²) in [6.45, 7) is 1.68. The van der Waals surface area contributed by atoms with E-state index in [-0.39, 0.29) is 29.5 Å². The predicted octanol–water partition coefficient (Wildman–Crippen LogP) is 2.24. The molecule has 0 aliphatic rings. The van der Waals surface area contributed by atoms with Crippen molar-refractivity contribution in [3.63, 3.8) is 0 Å². The Morgan fingerprint density at radius 2 is 2.12 bits per heavy atom. The molecular formula is C16H14N4O4S2. The maximum atomic E-state index is 12.2. The van der Waals surface area contributed by atoms with Crippen LogP contribution in [0.4, 0.5) is 5.13 Å². The number of nitrogens with zero attached hydrogens (tertiary/aromatic N) is 3. The molecule has 10 heteroatoms. The number of hydrogen-bond acceptors (Lipinski definition) is 8. The summed E-state index contributed by atoms with van der Waals surface area (Å²) in [6, 6.07) is 6.76. The summed E-state index contributed by atoms with van der Waals surface area (Å²) in [5.41, 5.74) is 0.361. The summed E-state index contributed by atoms with van der Waals surface area (Å²) in [4.78, 5) is 40.6. The van der Waals surface area contributed by atoms with Crippen LogP contribution in [0.5, 0.6) is 0 Å². The summed E-state index contributed by atoms with van der Waals surface area (Å²) < 4.78 is 5.93. The van der Waals surface area contributed by atoms with Crippen LogP contribution in [0.3, 0.4) is 0 Å². The quantitative estimate of drug-likeness (QED) is 0.648. The topological polar surface area (TPSA) is 103 Å². The lowest BCUT2D eigenvalue weighted by Gasteiger charge is -2.06. The Hall–Kier alpha value is -2.85. The number of rotatable bonds is 6. The van der Waals surface area contributed by atoms with Gasteiger partial charge in [-0.2, -0.15) is 5.10 Å². The number of thiazole rings is 1. The standard InChI is InChI=1S/C16H14N4O4S2/c1-2-24-15(23)11-9-26-16(17-11)18-13(21)8-20-14(22)6-5-10(19-20)12-4-3-7-25-12/h3-7,9H,2,8H2,1H3,(H,17,18,21). The van der Waals surface area contributed by atoms with Gasteiger partial charge in [0.05, 0.1) is 11.5 Å². The molecule has 3 rings (SSSR count). The number of anilines is 1. The van der Waals surface area contributed by atoms with Crippen LogP contribution in [0, 0.1) is 0 Å². The van der Waals surface area contributed by atoms with Gasteiger partial charge in [0.25, 0.3) is 5.56 Å². The third-order valence-electron chi connectivity index (χ3n) is 3.17. The van der Waals surface area contributed by atoms with Crippen LogP contribution in [0.15, 0.2) is 39.8 Å². The fraction of sp³-hybridized carbons (Fsp3) is 0.188. The van der Waals surface area contributed by atoms with Gasteiger partial charge in [-0.05, 0) is 24.4 Å². The van der Waals surface area contributed by atoms with Crippen molar-refractivity contribution in [2.45, 2.75) is 13.5 Å².